The number of anilines is 4. The van der Waals surface area contributed by atoms with Crippen molar-refractivity contribution < 1.29 is 27.0 Å². The van der Waals surface area contributed by atoms with Crippen LogP contribution in [0.3, 0.4) is 0 Å². The number of sulfonamides is 1. The van der Waals surface area contributed by atoms with Crippen LogP contribution in [0.25, 0.3) is 0 Å². The summed E-state index contributed by atoms with van der Waals surface area (Å²) in [5.41, 5.74) is 1.33. The molecule has 3 fully saturated rings. The first kappa shape index (κ1) is 28.0. The number of nitrogens with zero attached hydrogens (tertiary/aromatic N) is 3. The molecule has 1 aromatic heterocycles. The lowest BCUT2D eigenvalue weighted by atomic mass is 9.90. The number of benzene rings is 2. The summed E-state index contributed by atoms with van der Waals surface area (Å²) < 4.78 is 60.4. The Bertz CT molecular complexity index is 1420. The molecule has 10 nitrogen and oxygen atoms in total. The first-order valence-electron chi connectivity index (χ1n) is 14.0. The Labute approximate surface area is 239 Å². The summed E-state index contributed by atoms with van der Waals surface area (Å²) >= 11 is 0. The standard InChI is InChI=1S/C29H34FN5O5S/c30-21-3-5-22(6-4-21)32-27-13-16-31-28(34-27)33-23-7-9-26(10-8-23)41(36,37)35(20-25-2-1-17-38-25)24-11-14-29(15-12-24)39-18-19-40-29/h3-10,13,16,24-25H,1-2,11-12,14-15,17-20H2,(H2,31,32,33,34). The van der Waals surface area contributed by atoms with Crippen molar-refractivity contribution in [3.8, 4) is 0 Å². The largest absolute Gasteiger partial charge is 0.377 e. The molecule has 6 rings (SSSR count). The number of rotatable bonds is 9. The van der Waals surface area contributed by atoms with Crippen molar-refractivity contribution in [2.75, 3.05) is 37.0 Å². The zero-order chi connectivity index (χ0) is 28.3. The molecule has 2 aliphatic heterocycles. The van der Waals surface area contributed by atoms with Crippen molar-refractivity contribution in [3.63, 3.8) is 0 Å². The number of aromatic nitrogens is 2. The van der Waals surface area contributed by atoms with Gasteiger partial charge in [-0.2, -0.15) is 9.29 Å². The van der Waals surface area contributed by atoms with Crippen molar-refractivity contribution in [1.82, 2.24) is 14.3 Å². The van der Waals surface area contributed by atoms with Gasteiger partial charge in [0.1, 0.15) is 11.6 Å². The van der Waals surface area contributed by atoms with Crippen LogP contribution in [0.1, 0.15) is 38.5 Å². The van der Waals surface area contributed by atoms with Gasteiger partial charge in [-0.25, -0.2) is 17.8 Å². The van der Waals surface area contributed by atoms with Crippen LogP contribution in [-0.2, 0) is 24.2 Å². The van der Waals surface area contributed by atoms with E-state index in [0.717, 1.165) is 12.8 Å². The van der Waals surface area contributed by atoms with E-state index in [1.165, 1.54) is 12.1 Å². The Morgan fingerprint density at radius 3 is 2.27 bits per heavy atom. The van der Waals surface area contributed by atoms with E-state index < -0.39 is 15.8 Å². The van der Waals surface area contributed by atoms with E-state index in [1.807, 2.05) is 0 Å². The van der Waals surface area contributed by atoms with Crippen LogP contribution in [0.15, 0.2) is 65.7 Å². The van der Waals surface area contributed by atoms with Crippen molar-refractivity contribution in [2.24, 2.45) is 0 Å². The molecule has 1 unspecified atom stereocenters. The van der Waals surface area contributed by atoms with Crippen LogP contribution in [0, 0.1) is 5.82 Å². The molecule has 0 bridgehead atoms. The lowest BCUT2D eigenvalue weighted by Gasteiger charge is -2.40. The molecular formula is C29H34FN5O5S. The minimum absolute atomic E-state index is 0.103. The Morgan fingerprint density at radius 2 is 1.59 bits per heavy atom. The fourth-order valence-corrected chi connectivity index (χ4v) is 7.41. The summed E-state index contributed by atoms with van der Waals surface area (Å²) in [6.45, 7) is 2.17. The van der Waals surface area contributed by atoms with Gasteiger partial charge in [-0.1, -0.05) is 0 Å². The molecule has 1 saturated carbocycles. The SMILES string of the molecule is O=S(=O)(c1ccc(Nc2nccc(Nc3ccc(F)cc3)n2)cc1)N(CC1CCCO1)C1CCC2(CC1)OCCO2. The average Bonchev–Trinajstić information content (AvgIpc) is 3.67. The van der Waals surface area contributed by atoms with Gasteiger partial charge in [0.15, 0.2) is 5.79 Å². The Balaban J connectivity index is 1.15. The number of halogens is 1. The van der Waals surface area contributed by atoms with E-state index in [0.29, 0.717) is 75.2 Å². The topological polar surface area (TPSA) is 115 Å². The molecule has 1 atom stereocenters. The fourth-order valence-electron chi connectivity index (χ4n) is 5.69. The highest BCUT2D eigenvalue weighted by Crippen LogP contribution is 2.39. The monoisotopic (exact) mass is 583 g/mol. The van der Waals surface area contributed by atoms with Crippen LogP contribution >= 0.6 is 0 Å². The quantitative estimate of drug-likeness (QED) is 0.361. The molecule has 2 N–H and O–H groups in total. The average molecular weight is 584 g/mol. The van der Waals surface area contributed by atoms with E-state index in [1.54, 1.807) is 53.0 Å². The Hall–Kier alpha value is -3.16. The Kier molecular flexibility index (Phi) is 8.18. The second-order valence-electron chi connectivity index (χ2n) is 10.6. The van der Waals surface area contributed by atoms with Crippen LogP contribution < -0.4 is 10.6 Å². The van der Waals surface area contributed by atoms with Crippen LogP contribution in [0.5, 0.6) is 0 Å². The van der Waals surface area contributed by atoms with Gasteiger partial charge in [-0.15, -0.1) is 0 Å². The first-order valence-corrected chi connectivity index (χ1v) is 15.5. The molecule has 2 aromatic carbocycles. The summed E-state index contributed by atoms with van der Waals surface area (Å²) in [6, 6.07) is 14.1. The number of nitrogens with one attached hydrogen (secondary N) is 2. The predicted octanol–water partition coefficient (Wildman–Crippen LogP) is 4.96. The maximum absolute atomic E-state index is 14.0. The highest BCUT2D eigenvalue weighted by Gasteiger charge is 2.44. The zero-order valence-electron chi connectivity index (χ0n) is 22.7. The molecule has 3 aliphatic rings. The number of ether oxygens (including phenoxy) is 3. The van der Waals surface area contributed by atoms with Gasteiger partial charge in [-0.05, 0) is 80.3 Å². The summed E-state index contributed by atoms with van der Waals surface area (Å²) in [6.07, 6.45) is 5.98. The third kappa shape index (κ3) is 6.52. The van der Waals surface area contributed by atoms with Crippen molar-refractivity contribution in [2.45, 2.75) is 61.4 Å². The van der Waals surface area contributed by atoms with E-state index in [4.69, 9.17) is 14.2 Å². The predicted molar refractivity (Wildman–Crippen MR) is 151 cm³/mol. The molecule has 41 heavy (non-hydrogen) atoms. The second-order valence-corrected chi connectivity index (χ2v) is 12.5. The van der Waals surface area contributed by atoms with Gasteiger partial charge >= 0.3 is 0 Å². The van der Waals surface area contributed by atoms with E-state index >= 15 is 0 Å². The van der Waals surface area contributed by atoms with Crippen LogP contribution in [0.4, 0.5) is 27.5 Å². The lowest BCUT2D eigenvalue weighted by molar-refractivity contribution is -0.182. The van der Waals surface area contributed by atoms with Gasteiger partial charge in [0.2, 0.25) is 16.0 Å². The maximum Gasteiger partial charge on any atom is 0.243 e. The smallest absolute Gasteiger partial charge is 0.243 e. The van der Waals surface area contributed by atoms with E-state index in [-0.39, 0.29) is 22.9 Å². The molecule has 3 heterocycles. The molecule has 0 amide bonds. The summed E-state index contributed by atoms with van der Waals surface area (Å²) in [5, 5.41) is 6.23. The van der Waals surface area contributed by atoms with Crippen LogP contribution in [-0.4, -0.2) is 67.0 Å². The summed E-state index contributed by atoms with van der Waals surface area (Å²) in [5.74, 6) is -0.0146. The molecule has 3 aromatic rings. The van der Waals surface area contributed by atoms with Crippen molar-refractivity contribution >= 4 is 33.2 Å². The maximum atomic E-state index is 14.0. The van der Waals surface area contributed by atoms with Gasteiger partial charge < -0.3 is 24.8 Å². The molecule has 1 spiro atoms. The molecular weight excluding hydrogens is 549 g/mol. The van der Waals surface area contributed by atoms with Crippen molar-refractivity contribution in [1.29, 1.82) is 0 Å². The lowest BCUT2D eigenvalue weighted by Crippen LogP contribution is -2.49. The molecule has 0 radical (unpaired) electrons. The number of hydrogen-bond donors (Lipinski definition) is 2. The van der Waals surface area contributed by atoms with E-state index in [9.17, 15) is 12.8 Å². The molecule has 2 saturated heterocycles. The fraction of sp³-hybridized carbons (Fsp3) is 0.448. The second kappa shape index (κ2) is 12.0. The normalized spacial score (nSPS) is 21.0. The van der Waals surface area contributed by atoms with Gasteiger partial charge in [0.25, 0.3) is 0 Å². The molecule has 218 valence electrons. The van der Waals surface area contributed by atoms with E-state index in [2.05, 4.69) is 20.6 Å². The van der Waals surface area contributed by atoms with Crippen molar-refractivity contribution in [3.05, 3.63) is 66.6 Å². The molecule has 12 heteroatoms. The molecule has 1 aliphatic carbocycles. The number of hydrogen-bond acceptors (Lipinski definition) is 9. The zero-order valence-corrected chi connectivity index (χ0v) is 23.5. The third-order valence-corrected chi connectivity index (χ3v) is 9.77. The first-order chi connectivity index (χ1) is 19.9. The highest BCUT2D eigenvalue weighted by atomic mass is 32.2. The third-order valence-electron chi connectivity index (χ3n) is 7.83. The minimum Gasteiger partial charge on any atom is -0.377 e. The van der Waals surface area contributed by atoms with Gasteiger partial charge in [0.05, 0.1) is 24.2 Å². The summed E-state index contributed by atoms with van der Waals surface area (Å²) in [7, 11) is -3.78. The summed E-state index contributed by atoms with van der Waals surface area (Å²) in [4.78, 5) is 8.93. The van der Waals surface area contributed by atoms with Gasteiger partial charge in [-0.3, -0.25) is 0 Å². The van der Waals surface area contributed by atoms with Crippen LogP contribution in [0.2, 0.25) is 0 Å². The minimum atomic E-state index is -3.78. The highest BCUT2D eigenvalue weighted by molar-refractivity contribution is 7.89. The Morgan fingerprint density at radius 1 is 0.902 bits per heavy atom. The van der Waals surface area contributed by atoms with Gasteiger partial charge in [0, 0.05) is 49.6 Å².